The Kier molecular flexibility index (Phi) is 7.46. The summed E-state index contributed by atoms with van der Waals surface area (Å²) in [5, 5.41) is 3.38. The van der Waals surface area contributed by atoms with Crippen molar-refractivity contribution in [1.29, 1.82) is 0 Å². The number of fused-ring (bicyclic) bond motifs is 1. The first-order valence-corrected chi connectivity index (χ1v) is 13.8. The Hall–Kier alpha value is -2.75. The van der Waals surface area contributed by atoms with Gasteiger partial charge >= 0.3 is 0 Å². The number of hydrogen-bond donors (Lipinski definition) is 1. The van der Waals surface area contributed by atoms with Crippen LogP contribution in [-0.4, -0.2) is 38.7 Å². The summed E-state index contributed by atoms with van der Waals surface area (Å²) in [7, 11) is 0. The van der Waals surface area contributed by atoms with E-state index in [1.54, 1.807) is 0 Å². The van der Waals surface area contributed by atoms with E-state index in [4.69, 9.17) is 17.0 Å². The zero-order valence-corrected chi connectivity index (χ0v) is 21.5. The summed E-state index contributed by atoms with van der Waals surface area (Å²) in [5.41, 5.74) is 1.72. The minimum atomic E-state index is -0.201. The van der Waals surface area contributed by atoms with Gasteiger partial charge < -0.3 is 10.1 Å². The van der Waals surface area contributed by atoms with Gasteiger partial charge in [0.1, 0.15) is 10.1 Å². The fourth-order valence-electron chi connectivity index (χ4n) is 4.22. The predicted octanol–water partition coefficient (Wildman–Crippen LogP) is 6.24. The van der Waals surface area contributed by atoms with Crippen molar-refractivity contribution in [2.75, 3.05) is 11.9 Å². The van der Waals surface area contributed by atoms with Gasteiger partial charge in [0.15, 0.2) is 5.13 Å². The molecule has 1 aliphatic carbocycles. The maximum atomic E-state index is 13.1. The number of benzene rings is 2. The number of anilines is 1. The summed E-state index contributed by atoms with van der Waals surface area (Å²) in [6.07, 6.45) is 7.99. The minimum absolute atomic E-state index is 0.136. The smallest absolute Gasteiger partial charge is 0.266 e. The molecule has 2 amide bonds. The van der Waals surface area contributed by atoms with Crippen LogP contribution in [-0.2, 0) is 9.59 Å². The Morgan fingerprint density at radius 1 is 1.14 bits per heavy atom. The molecule has 0 radical (unpaired) electrons. The molecule has 180 valence electrons. The Morgan fingerprint density at radius 2 is 1.91 bits per heavy atom. The Morgan fingerprint density at radius 3 is 2.74 bits per heavy atom. The van der Waals surface area contributed by atoms with E-state index in [1.165, 1.54) is 47.3 Å². The van der Waals surface area contributed by atoms with Gasteiger partial charge in [0.25, 0.3) is 5.91 Å². The molecule has 1 aliphatic heterocycles. The van der Waals surface area contributed by atoms with Gasteiger partial charge in [0.05, 0.1) is 21.2 Å². The first kappa shape index (κ1) is 24.0. The number of hydrogen-bond acceptors (Lipinski definition) is 7. The number of ether oxygens (including phenoxy) is 1. The van der Waals surface area contributed by atoms with Crippen LogP contribution in [0, 0.1) is 0 Å². The highest BCUT2D eigenvalue weighted by atomic mass is 32.2. The number of thioether (sulfide) groups is 1. The van der Waals surface area contributed by atoms with Crippen LogP contribution >= 0.6 is 35.3 Å². The first-order chi connectivity index (χ1) is 17.1. The molecule has 9 heteroatoms. The topological polar surface area (TPSA) is 71.5 Å². The van der Waals surface area contributed by atoms with E-state index >= 15 is 0 Å². The standard InChI is InChI=1S/C26H25N3O3S3/c30-23(28-25-27-19-11-5-7-13-21(19)34-25)14-15-29-24(31)22(35-26(29)33)16-17-8-4-6-12-20(17)32-18-9-2-1-3-10-18/h4-8,11-13,16,18H,1-3,9-10,14-15H2,(H,27,28,30)/b22-16-. The van der Waals surface area contributed by atoms with E-state index in [-0.39, 0.29) is 30.9 Å². The van der Waals surface area contributed by atoms with E-state index in [9.17, 15) is 9.59 Å². The number of carbonyl (C=O) groups excluding carboxylic acids is 2. The van der Waals surface area contributed by atoms with E-state index in [2.05, 4.69) is 10.3 Å². The van der Waals surface area contributed by atoms with Gasteiger partial charge in [-0.05, 0) is 50.0 Å². The van der Waals surface area contributed by atoms with Gasteiger partial charge in [-0.1, -0.05) is 72.1 Å². The number of nitrogens with one attached hydrogen (secondary N) is 1. The molecule has 0 bridgehead atoms. The number of thiocarbonyl (C=S) groups is 1. The number of rotatable bonds is 7. The highest BCUT2D eigenvalue weighted by molar-refractivity contribution is 8.26. The van der Waals surface area contributed by atoms with Gasteiger partial charge in [-0.25, -0.2) is 4.98 Å². The van der Waals surface area contributed by atoms with Crippen LogP contribution in [0.5, 0.6) is 5.75 Å². The fraction of sp³-hybridized carbons (Fsp3) is 0.308. The van der Waals surface area contributed by atoms with Crippen molar-refractivity contribution in [2.24, 2.45) is 0 Å². The zero-order chi connectivity index (χ0) is 24.2. The van der Waals surface area contributed by atoms with Crippen molar-refractivity contribution in [2.45, 2.75) is 44.6 Å². The van der Waals surface area contributed by atoms with Crippen LogP contribution < -0.4 is 10.1 Å². The van der Waals surface area contributed by atoms with Gasteiger partial charge in [-0.15, -0.1) is 0 Å². The van der Waals surface area contributed by atoms with Gasteiger partial charge in [0, 0.05) is 18.5 Å². The molecular weight excluding hydrogens is 499 g/mol. The highest BCUT2D eigenvalue weighted by Crippen LogP contribution is 2.35. The maximum absolute atomic E-state index is 13.1. The molecule has 5 rings (SSSR count). The second kappa shape index (κ2) is 10.9. The third kappa shape index (κ3) is 5.74. The van der Waals surface area contributed by atoms with Crippen molar-refractivity contribution >= 4 is 72.9 Å². The van der Waals surface area contributed by atoms with Crippen LogP contribution in [0.4, 0.5) is 5.13 Å². The summed E-state index contributed by atoms with van der Waals surface area (Å²) in [4.78, 5) is 32.0. The van der Waals surface area contributed by atoms with Gasteiger partial charge in [-0.3, -0.25) is 14.5 Å². The lowest BCUT2D eigenvalue weighted by Gasteiger charge is -2.23. The molecule has 2 aromatic carbocycles. The van der Waals surface area contributed by atoms with Gasteiger partial charge in [-0.2, -0.15) is 0 Å². The lowest BCUT2D eigenvalue weighted by molar-refractivity contribution is -0.122. The molecule has 2 heterocycles. The van der Waals surface area contributed by atoms with E-state index in [1.807, 2.05) is 54.6 Å². The number of para-hydroxylation sites is 2. The summed E-state index contributed by atoms with van der Waals surface area (Å²) >= 11 is 8.14. The zero-order valence-electron chi connectivity index (χ0n) is 19.1. The summed E-state index contributed by atoms with van der Waals surface area (Å²) in [6, 6.07) is 15.5. The van der Waals surface area contributed by atoms with Crippen molar-refractivity contribution in [1.82, 2.24) is 9.88 Å². The van der Waals surface area contributed by atoms with Crippen molar-refractivity contribution in [3.8, 4) is 5.75 Å². The molecule has 0 unspecified atom stereocenters. The number of nitrogens with zero attached hydrogens (tertiary/aromatic N) is 2. The monoisotopic (exact) mass is 523 g/mol. The Bertz CT molecular complexity index is 1260. The average molecular weight is 524 g/mol. The largest absolute Gasteiger partial charge is 0.490 e. The van der Waals surface area contributed by atoms with Crippen molar-refractivity contribution in [3.05, 3.63) is 59.0 Å². The van der Waals surface area contributed by atoms with E-state index < -0.39 is 0 Å². The molecule has 2 fully saturated rings. The second-order valence-electron chi connectivity index (χ2n) is 8.53. The Labute approximate surface area is 217 Å². The van der Waals surface area contributed by atoms with Gasteiger partial charge in [0.2, 0.25) is 5.91 Å². The van der Waals surface area contributed by atoms with Crippen molar-refractivity contribution < 1.29 is 14.3 Å². The molecule has 1 saturated heterocycles. The number of amides is 2. The third-order valence-corrected chi connectivity index (χ3v) is 8.36. The predicted molar refractivity (Wildman–Crippen MR) is 147 cm³/mol. The first-order valence-electron chi connectivity index (χ1n) is 11.7. The van der Waals surface area contributed by atoms with Crippen molar-refractivity contribution in [3.63, 3.8) is 0 Å². The van der Waals surface area contributed by atoms with Crippen LogP contribution in [0.2, 0.25) is 0 Å². The Balaban J connectivity index is 1.21. The van der Waals surface area contributed by atoms with E-state index in [0.717, 1.165) is 34.4 Å². The number of aromatic nitrogens is 1. The molecule has 1 aromatic heterocycles. The third-order valence-electron chi connectivity index (χ3n) is 6.03. The molecule has 0 atom stereocenters. The molecule has 1 saturated carbocycles. The quantitative estimate of drug-likeness (QED) is 0.292. The van der Waals surface area contributed by atoms with Crippen LogP contribution in [0.25, 0.3) is 16.3 Å². The highest BCUT2D eigenvalue weighted by Gasteiger charge is 2.32. The minimum Gasteiger partial charge on any atom is -0.490 e. The molecule has 0 spiro atoms. The van der Waals surface area contributed by atoms with E-state index in [0.29, 0.717) is 14.4 Å². The molecule has 35 heavy (non-hydrogen) atoms. The molecular formula is C26H25N3O3S3. The molecule has 1 N–H and O–H groups in total. The maximum Gasteiger partial charge on any atom is 0.266 e. The lowest BCUT2D eigenvalue weighted by atomic mass is 9.97. The van der Waals surface area contributed by atoms with Crippen LogP contribution in [0.15, 0.2) is 53.4 Å². The SMILES string of the molecule is O=C(CCN1C(=O)/C(=C/c2ccccc2OC2CCCCC2)SC1=S)Nc1nc2ccccc2s1. The van der Waals surface area contributed by atoms with Crippen LogP contribution in [0.3, 0.4) is 0 Å². The van der Waals surface area contributed by atoms with Crippen LogP contribution in [0.1, 0.15) is 44.1 Å². The molecule has 6 nitrogen and oxygen atoms in total. The average Bonchev–Trinajstić information content (AvgIpc) is 3.39. The fourth-order valence-corrected chi connectivity index (χ4v) is 6.41. The molecule has 3 aromatic rings. The second-order valence-corrected chi connectivity index (χ2v) is 11.2. The summed E-state index contributed by atoms with van der Waals surface area (Å²) in [6.45, 7) is 0.221. The normalized spacial score (nSPS) is 17.9. The summed E-state index contributed by atoms with van der Waals surface area (Å²) < 4.78 is 7.74. The molecule has 2 aliphatic rings. The summed E-state index contributed by atoms with van der Waals surface area (Å²) in [5.74, 6) is 0.411. The number of thiazole rings is 1. The lowest BCUT2D eigenvalue weighted by Crippen LogP contribution is -2.31. The number of carbonyl (C=O) groups is 2.